The molecule has 1 aromatic carbocycles. The Bertz CT molecular complexity index is 829. The van der Waals surface area contributed by atoms with Crippen LogP contribution in [0.4, 0.5) is 0 Å². The van der Waals surface area contributed by atoms with Crippen molar-refractivity contribution in [2.75, 3.05) is 13.6 Å². The summed E-state index contributed by atoms with van der Waals surface area (Å²) in [5, 5.41) is 11.8. The Balaban J connectivity index is 1.72. The van der Waals surface area contributed by atoms with Crippen molar-refractivity contribution < 1.29 is 9.59 Å². The van der Waals surface area contributed by atoms with Gasteiger partial charge < -0.3 is 10.2 Å². The summed E-state index contributed by atoms with van der Waals surface area (Å²) in [6.07, 6.45) is 3.83. The third kappa shape index (κ3) is 3.50. The molecule has 1 aliphatic rings. The highest BCUT2D eigenvalue weighted by molar-refractivity contribution is 5.94. The summed E-state index contributed by atoms with van der Waals surface area (Å²) in [5.41, 5.74) is 1.84. The van der Waals surface area contributed by atoms with E-state index in [1.807, 2.05) is 18.2 Å². The standard InChI is InChI=1S/C19H18N4O2/c1-23-17(24)9-16(18(23)15-6-3-7-21-11-15)12-22-19(25)14-5-2-4-13(8-14)10-20/h2-8,11,16,18H,9,12H2,1H3,(H,22,25)/t16-,18-/m0/s1. The van der Waals surface area contributed by atoms with Gasteiger partial charge in [-0.05, 0) is 29.8 Å². The average molecular weight is 334 g/mol. The van der Waals surface area contributed by atoms with Gasteiger partial charge in [0.2, 0.25) is 5.91 Å². The van der Waals surface area contributed by atoms with Gasteiger partial charge in [0.1, 0.15) is 0 Å². The molecule has 1 N–H and O–H groups in total. The Morgan fingerprint density at radius 3 is 2.96 bits per heavy atom. The lowest BCUT2D eigenvalue weighted by atomic mass is 9.94. The van der Waals surface area contributed by atoms with Crippen molar-refractivity contribution in [3.8, 4) is 6.07 Å². The fraction of sp³-hybridized carbons (Fsp3) is 0.263. The van der Waals surface area contributed by atoms with Crippen LogP contribution in [0.1, 0.15) is 33.9 Å². The number of rotatable bonds is 4. The summed E-state index contributed by atoms with van der Waals surface area (Å²) in [6, 6.07) is 12.3. The number of benzene rings is 1. The number of nitrogens with zero attached hydrogens (tertiary/aromatic N) is 3. The molecule has 0 aliphatic carbocycles. The molecule has 1 aliphatic heterocycles. The van der Waals surface area contributed by atoms with E-state index in [0.717, 1.165) is 5.56 Å². The van der Waals surface area contributed by atoms with Crippen LogP contribution in [0, 0.1) is 17.2 Å². The SMILES string of the molecule is CN1C(=O)C[C@@H](CNC(=O)c2cccc(C#N)c2)[C@@H]1c1cccnc1. The zero-order valence-electron chi connectivity index (χ0n) is 13.8. The van der Waals surface area contributed by atoms with Crippen molar-refractivity contribution in [2.45, 2.75) is 12.5 Å². The lowest BCUT2D eigenvalue weighted by molar-refractivity contribution is -0.127. The summed E-state index contributed by atoms with van der Waals surface area (Å²) in [5.74, 6) is -0.214. The molecule has 0 radical (unpaired) electrons. The Labute approximate surface area is 146 Å². The van der Waals surface area contributed by atoms with Crippen LogP contribution in [0.5, 0.6) is 0 Å². The molecule has 6 nitrogen and oxygen atoms in total. The fourth-order valence-electron chi connectivity index (χ4n) is 3.24. The molecular weight excluding hydrogens is 316 g/mol. The van der Waals surface area contributed by atoms with Gasteiger partial charge in [-0.3, -0.25) is 14.6 Å². The second-order valence-corrected chi connectivity index (χ2v) is 6.10. The number of carbonyl (C=O) groups excluding carboxylic acids is 2. The Morgan fingerprint density at radius 1 is 1.40 bits per heavy atom. The lowest BCUT2D eigenvalue weighted by Crippen LogP contribution is -2.32. The van der Waals surface area contributed by atoms with Gasteiger partial charge >= 0.3 is 0 Å². The first-order chi connectivity index (χ1) is 12.1. The van der Waals surface area contributed by atoms with Gasteiger partial charge in [-0.15, -0.1) is 0 Å². The summed E-state index contributed by atoms with van der Waals surface area (Å²) >= 11 is 0. The highest BCUT2D eigenvalue weighted by Crippen LogP contribution is 2.36. The van der Waals surface area contributed by atoms with Crippen LogP contribution in [-0.4, -0.2) is 35.3 Å². The highest BCUT2D eigenvalue weighted by atomic mass is 16.2. The number of carbonyl (C=O) groups is 2. The second kappa shape index (κ2) is 7.14. The van der Waals surface area contributed by atoms with E-state index in [9.17, 15) is 9.59 Å². The predicted molar refractivity (Wildman–Crippen MR) is 91.3 cm³/mol. The van der Waals surface area contributed by atoms with Gasteiger partial charge in [-0.25, -0.2) is 0 Å². The van der Waals surface area contributed by atoms with Gasteiger partial charge in [0.25, 0.3) is 5.91 Å². The number of nitriles is 1. The molecule has 0 saturated carbocycles. The van der Waals surface area contributed by atoms with Gasteiger partial charge in [0.05, 0.1) is 17.7 Å². The Kier molecular flexibility index (Phi) is 4.75. The highest BCUT2D eigenvalue weighted by Gasteiger charge is 2.38. The second-order valence-electron chi connectivity index (χ2n) is 6.10. The zero-order chi connectivity index (χ0) is 17.8. The van der Waals surface area contributed by atoms with Gasteiger partial charge in [-0.1, -0.05) is 12.1 Å². The molecule has 2 atom stereocenters. The molecule has 1 fully saturated rings. The quantitative estimate of drug-likeness (QED) is 0.925. The molecule has 0 bridgehead atoms. The third-order valence-corrected chi connectivity index (χ3v) is 4.50. The Hall–Kier alpha value is -3.20. The molecule has 2 aromatic rings. The van der Waals surface area contributed by atoms with Crippen LogP contribution < -0.4 is 5.32 Å². The number of hydrogen-bond acceptors (Lipinski definition) is 4. The van der Waals surface area contributed by atoms with E-state index in [1.54, 1.807) is 48.6 Å². The summed E-state index contributed by atoms with van der Waals surface area (Å²) < 4.78 is 0. The van der Waals surface area contributed by atoms with Crippen molar-refractivity contribution in [3.63, 3.8) is 0 Å². The molecular formula is C19H18N4O2. The van der Waals surface area contributed by atoms with E-state index in [2.05, 4.69) is 10.3 Å². The number of aromatic nitrogens is 1. The number of amides is 2. The topological polar surface area (TPSA) is 86.1 Å². The predicted octanol–water partition coefficient (Wildman–Crippen LogP) is 1.90. The first kappa shape index (κ1) is 16.7. The largest absolute Gasteiger partial charge is 0.352 e. The number of hydrogen-bond donors (Lipinski definition) is 1. The maximum Gasteiger partial charge on any atom is 0.251 e. The van der Waals surface area contributed by atoms with E-state index in [1.165, 1.54) is 0 Å². The molecule has 25 heavy (non-hydrogen) atoms. The van der Waals surface area contributed by atoms with E-state index in [-0.39, 0.29) is 23.8 Å². The lowest BCUT2D eigenvalue weighted by Gasteiger charge is -2.25. The van der Waals surface area contributed by atoms with Crippen molar-refractivity contribution >= 4 is 11.8 Å². The van der Waals surface area contributed by atoms with Crippen LogP contribution in [0.15, 0.2) is 48.8 Å². The molecule has 1 aromatic heterocycles. The molecule has 6 heteroatoms. The monoisotopic (exact) mass is 334 g/mol. The third-order valence-electron chi connectivity index (χ3n) is 4.50. The summed E-state index contributed by atoms with van der Waals surface area (Å²) in [4.78, 5) is 30.3. The minimum Gasteiger partial charge on any atom is -0.352 e. The first-order valence-corrected chi connectivity index (χ1v) is 8.04. The van der Waals surface area contributed by atoms with Crippen molar-refractivity contribution in [2.24, 2.45) is 5.92 Å². The van der Waals surface area contributed by atoms with E-state index in [0.29, 0.717) is 24.1 Å². The maximum atomic E-state index is 12.3. The number of nitrogens with one attached hydrogen (secondary N) is 1. The van der Waals surface area contributed by atoms with Gasteiger partial charge in [0.15, 0.2) is 0 Å². The number of pyridine rings is 1. The van der Waals surface area contributed by atoms with Crippen LogP contribution >= 0.6 is 0 Å². The minimum absolute atomic E-state index is 0.0233. The van der Waals surface area contributed by atoms with E-state index in [4.69, 9.17) is 5.26 Å². The van der Waals surface area contributed by atoms with Gasteiger partial charge in [0, 0.05) is 43.9 Å². The van der Waals surface area contributed by atoms with Crippen LogP contribution in [0.2, 0.25) is 0 Å². The molecule has 2 amide bonds. The molecule has 0 unspecified atom stereocenters. The molecule has 2 heterocycles. The van der Waals surface area contributed by atoms with Crippen LogP contribution in [-0.2, 0) is 4.79 Å². The molecule has 126 valence electrons. The fourth-order valence-corrected chi connectivity index (χ4v) is 3.24. The van der Waals surface area contributed by atoms with Crippen LogP contribution in [0.25, 0.3) is 0 Å². The van der Waals surface area contributed by atoms with Gasteiger partial charge in [-0.2, -0.15) is 5.26 Å². The normalized spacial score (nSPS) is 19.5. The first-order valence-electron chi connectivity index (χ1n) is 8.04. The smallest absolute Gasteiger partial charge is 0.251 e. The molecule has 3 rings (SSSR count). The summed E-state index contributed by atoms with van der Waals surface area (Å²) in [6.45, 7) is 0.380. The number of likely N-dealkylation sites (tertiary alicyclic amines) is 1. The summed E-state index contributed by atoms with van der Waals surface area (Å²) in [7, 11) is 1.78. The molecule has 0 spiro atoms. The minimum atomic E-state index is -0.246. The zero-order valence-corrected chi connectivity index (χ0v) is 13.8. The van der Waals surface area contributed by atoms with E-state index >= 15 is 0 Å². The van der Waals surface area contributed by atoms with Crippen molar-refractivity contribution in [3.05, 3.63) is 65.5 Å². The van der Waals surface area contributed by atoms with E-state index < -0.39 is 0 Å². The Morgan fingerprint density at radius 2 is 2.24 bits per heavy atom. The average Bonchev–Trinajstić information content (AvgIpc) is 2.94. The van der Waals surface area contributed by atoms with Crippen LogP contribution in [0.3, 0.4) is 0 Å². The maximum absolute atomic E-state index is 12.3. The van der Waals surface area contributed by atoms with Crippen molar-refractivity contribution in [1.82, 2.24) is 15.2 Å². The van der Waals surface area contributed by atoms with Crippen molar-refractivity contribution in [1.29, 1.82) is 5.26 Å². The molecule has 1 saturated heterocycles.